The second-order valence-electron chi connectivity index (χ2n) is 5.23. The molecule has 3 nitrogen and oxygen atoms in total. The maximum Gasteiger partial charge on any atom is 0.349 e. The maximum absolute atomic E-state index is 13.5. The largest absolute Gasteiger partial charge is 0.349 e. The van der Waals surface area contributed by atoms with Crippen LogP contribution < -0.4 is 9.24 Å². The Bertz CT molecular complexity index is 847. The quantitative estimate of drug-likeness (QED) is 0.511. The number of nitrogens with zero attached hydrogens (tertiary/aromatic N) is 1. The van der Waals surface area contributed by atoms with E-state index in [4.69, 9.17) is 4.62 Å². The number of rotatable bonds is 4. The highest BCUT2D eigenvalue weighted by molar-refractivity contribution is 7.83. The molecule has 1 aliphatic rings. The minimum absolute atomic E-state index is 0.732. The zero-order valence-corrected chi connectivity index (χ0v) is 14.7. The summed E-state index contributed by atoms with van der Waals surface area (Å²) in [5, 5.41) is 8.14. The van der Waals surface area contributed by atoms with E-state index in [0.717, 1.165) is 33.4 Å². The molecule has 0 bridgehead atoms. The standard InChI is InChI=1S/C17H14NO2PS2/c19-21(16-7-3-11-22-16,17-8-4-12-23-17)20-18-15-10-9-13-5-1-2-6-14(13)15/h1-8,11-12H,9-10H2. The molecule has 3 aromatic rings. The van der Waals surface area contributed by atoms with Crippen molar-refractivity contribution in [3.63, 3.8) is 0 Å². The molecule has 0 spiro atoms. The van der Waals surface area contributed by atoms with Crippen LogP contribution in [-0.2, 0) is 15.6 Å². The fourth-order valence-electron chi connectivity index (χ4n) is 2.67. The molecule has 6 heteroatoms. The zero-order chi connectivity index (χ0) is 15.7. The number of oxime groups is 1. The van der Waals surface area contributed by atoms with Gasteiger partial charge in [-0.2, -0.15) is 0 Å². The first-order valence-electron chi connectivity index (χ1n) is 7.29. The molecule has 2 heterocycles. The van der Waals surface area contributed by atoms with Crippen molar-refractivity contribution in [2.75, 3.05) is 0 Å². The van der Waals surface area contributed by atoms with E-state index < -0.39 is 7.37 Å². The van der Waals surface area contributed by atoms with E-state index in [0.29, 0.717) is 0 Å². The molecule has 0 unspecified atom stereocenters. The number of hydrogen-bond donors (Lipinski definition) is 0. The van der Waals surface area contributed by atoms with Gasteiger partial charge in [0.05, 0.1) is 5.71 Å². The van der Waals surface area contributed by atoms with Gasteiger partial charge in [0, 0.05) is 5.56 Å². The van der Waals surface area contributed by atoms with Gasteiger partial charge in [0.2, 0.25) is 0 Å². The lowest BCUT2D eigenvalue weighted by atomic mass is 10.1. The van der Waals surface area contributed by atoms with Crippen LogP contribution in [0.25, 0.3) is 0 Å². The molecule has 0 saturated carbocycles. The summed E-state index contributed by atoms with van der Waals surface area (Å²) in [7, 11) is -3.14. The average Bonchev–Trinajstić information content (AvgIpc) is 3.34. The molecular weight excluding hydrogens is 345 g/mol. The highest BCUT2D eigenvalue weighted by Crippen LogP contribution is 2.48. The van der Waals surface area contributed by atoms with Gasteiger partial charge in [-0.25, -0.2) is 0 Å². The van der Waals surface area contributed by atoms with Crippen molar-refractivity contribution in [2.45, 2.75) is 12.8 Å². The predicted octanol–water partition coefficient (Wildman–Crippen LogP) is 4.41. The van der Waals surface area contributed by atoms with Gasteiger partial charge in [0.1, 0.15) is 9.24 Å². The SMILES string of the molecule is O=P(ON=C1CCc2ccccc21)(c1cccs1)c1cccs1. The Kier molecular flexibility index (Phi) is 3.93. The summed E-state index contributed by atoms with van der Waals surface area (Å²) >= 11 is 2.89. The molecule has 0 N–H and O–H groups in total. The van der Waals surface area contributed by atoms with Crippen LogP contribution in [0.5, 0.6) is 0 Å². The molecule has 0 atom stereocenters. The van der Waals surface area contributed by atoms with Crippen molar-refractivity contribution in [1.82, 2.24) is 0 Å². The zero-order valence-electron chi connectivity index (χ0n) is 12.2. The molecule has 1 aromatic carbocycles. The van der Waals surface area contributed by atoms with Gasteiger partial charge >= 0.3 is 7.37 Å². The fourth-order valence-corrected chi connectivity index (χ4v) is 7.18. The molecule has 1 aliphatic carbocycles. The summed E-state index contributed by atoms with van der Waals surface area (Å²) in [6, 6.07) is 15.7. The second kappa shape index (κ2) is 6.08. The fraction of sp³-hybridized carbons (Fsp3) is 0.118. The lowest BCUT2D eigenvalue weighted by Crippen LogP contribution is -2.12. The number of fused-ring (bicyclic) bond motifs is 1. The Morgan fingerprint density at radius 2 is 1.61 bits per heavy atom. The molecule has 116 valence electrons. The van der Waals surface area contributed by atoms with Gasteiger partial charge < -0.3 is 4.62 Å². The van der Waals surface area contributed by atoms with Crippen LogP contribution >= 0.6 is 30.0 Å². The first-order chi connectivity index (χ1) is 11.3. The van der Waals surface area contributed by atoms with Crippen LogP contribution in [0.15, 0.2) is 64.4 Å². The second-order valence-corrected chi connectivity index (χ2v) is 9.96. The predicted molar refractivity (Wildman–Crippen MR) is 97.9 cm³/mol. The summed E-state index contributed by atoms with van der Waals surface area (Å²) < 4.78 is 20.7. The van der Waals surface area contributed by atoms with E-state index in [1.807, 2.05) is 53.2 Å². The van der Waals surface area contributed by atoms with Crippen molar-refractivity contribution in [1.29, 1.82) is 0 Å². The monoisotopic (exact) mass is 359 g/mol. The van der Waals surface area contributed by atoms with Crippen LogP contribution in [0.1, 0.15) is 17.5 Å². The van der Waals surface area contributed by atoms with Crippen LogP contribution in [0, 0.1) is 0 Å². The topological polar surface area (TPSA) is 38.7 Å². The Labute approximate surface area is 142 Å². The van der Waals surface area contributed by atoms with Crippen LogP contribution in [0.4, 0.5) is 0 Å². The van der Waals surface area contributed by atoms with E-state index >= 15 is 0 Å². The van der Waals surface area contributed by atoms with Crippen molar-refractivity contribution in [3.8, 4) is 0 Å². The Hall–Kier alpha value is -1.68. The minimum atomic E-state index is -3.14. The minimum Gasteiger partial charge on any atom is -0.328 e. The number of thiophene rings is 2. The Balaban J connectivity index is 1.71. The average molecular weight is 359 g/mol. The summed E-state index contributed by atoms with van der Waals surface area (Å²) in [5.74, 6) is 0. The van der Waals surface area contributed by atoms with Crippen molar-refractivity contribution >= 4 is 45.0 Å². The molecule has 0 fully saturated rings. The third kappa shape index (κ3) is 2.69. The van der Waals surface area contributed by atoms with E-state index in [-0.39, 0.29) is 0 Å². The van der Waals surface area contributed by atoms with Crippen LogP contribution in [0.2, 0.25) is 0 Å². The summed E-state index contributed by atoms with van der Waals surface area (Å²) in [5.41, 5.74) is 3.27. The molecule has 4 rings (SSSR count). The summed E-state index contributed by atoms with van der Waals surface area (Å²) in [6.07, 6.45) is 1.79. The van der Waals surface area contributed by atoms with Crippen LogP contribution in [0.3, 0.4) is 0 Å². The van der Waals surface area contributed by atoms with E-state index in [9.17, 15) is 4.57 Å². The lowest BCUT2D eigenvalue weighted by molar-refractivity contribution is 0.349. The first-order valence-corrected chi connectivity index (χ1v) is 10.7. The van der Waals surface area contributed by atoms with Gasteiger partial charge in [-0.3, -0.25) is 4.57 Å². The third-order valence-corrected chi connectivity index (χ3v) is 9.00. The maximum atomic E-state index is 13.5. The van der Waals surface area contributed by atoms with Gasteiger partial charge in [0.15, 0.2) is 0 Å². The first kappa shape index (κ1) is 14.9. The summed E-state index contributed by atoms with van der Waals surface area (Å²) in [6.45, 7) is 0. The molecule has 0 aliphatic heterocycles. The van der Waals surface area contributed by atoms with Crippen molar-refractivity contribution in [3.05, 3.63) is 70.4 Å². The number of hydrogen-bond acceptors (Lipinski definition) is 5. The highest BCUT2D eigenvalue weighted by atomic mass is 32.1. The molecule has 23 heavy (non-hydrogen) atoms. The summed E-state index contributed by atoms with van der Waals surface area (Å²) in [4.78, 5) is 0. The van der Waals surface area contributed by atoms with Gasteiger partial charge in [-0.1, -0.05) is 41.6 Å². The highest BCUT2D eigenvalue weighted by Gasteiger charge is 2.33. The van der Waals surface area contributed by atoms with Crippen LogP contribution in [-0.4, -0.2) is 5.71 Å². The smallest absolute Gasteiger partial charge is 0.328 e. The number of aryl methyl sites for hydroxylation is 1. The molecule has 2 aromatic heterocycles. The molecule has 0 amide bonds. The van der Waals surface area contributed by atoms with Crippen molar-refractivity contribution in [2.24, 2.45) is 5.16 Å². The van der Waals surface area contributed by atoms with E-state index in [1.54, 1.807) is 0 Å². The van der Waals surface area contributed by atoms with Gasteiger partial charge in [-0.15, -0.1) is 22.7 Å². The molecule has 0 radical (unpaired) electrons. The van der Waals surface area contributed by atoms with Gasteiger partial charge in [0.25, 0.3) is 0 Å². The number of benzene rings is 1. The van der Waals surface area contributed by atoms with Crippen molar-refractivity contribution < 1.29 is 9.19 Å². The molecular formula is C17H14NO2PS2. The Morgan fingerprint density at radius 3 is 2.26 bits per heavy atom. The normalized spacial score (nSPS) is 15.7. The third-order valence-electron chi connectivity index (χ3n) is 3.82. The van der Waals surface area contributed by atoms with E-state index in [1.165, 1.54) is 28.2 Å². The van der Waals surface area contributed by atoms with E-state index in [2.05, 4.69) is 11.2 Å². The Morgan fingerprint density at radius 1 is 0.913 bits per heavy atom. The lowest BCUT2D eigenvalue weighted by Gasteiger charge is -2.13. The molecule has 0 saturated heterocycles. The van der Waals surface area contributed by atoms with Gasteiger partial charge in [-0.05, 0) is 41.3 Å².